The first-order chi connectivity index (χ1) is 9.08. The van der Waals surface area contributed by atoms with E-state index in [1.807, 2.05) is 31.2 Å². The van der Waals surface area contributed by atoms with Gasteiger partial charge in [-0.15, -0.1) is 0 Å². The Labute approximate surface area is 113 Å². The first kappa shape index (κ1) is 12.4. The van der Waals surface area contributed by atoms with Crippen molar-refractivity contribution in [3.63, 3.8) is 0 Å². The second-order valence-corrected chi connectivity index (χ2v) is 5.98. The maximum absolute atomic E-state index is 12.5. The van der Waals surface area contributed by atoms with Gasteiger partial charge in [-0.2, -0.15) is 0 Å². The Hall–Kier alpha value is -1.64. The van der Waals surface area contributed by atoms with Crippen molar-refractivity contribution in [2.24, 2.45) is 17.8 Å². The molecule has 2 fully saturated rings. The van der Waals surface area contributed by atoms with Gasteiger partial charge in [-0.05, 0) is 49.8 Å². The molecule has 0 aromatic heterocycles. The largest absolute Gasteiger partial charge is 0.274 e. The van der Waals surface area contributed by atoms with Crippen molar-refractivity contribution in [1.29, 1.82) is 0 Å². The lowest BCUT2D eigenvalue weighted by atomic mass is 9.76. The zero-order chi connectivity index (χ0) is 13.6. The number of imide groups is 1. The van der Waals surface area contributed by atoms with Crippen LogP contribution in [0.15, 0.2) is 24.3 Å². The van der Waals surface area contributed by atoms with E-state index in [4.69, 9.17) is 0 Å². The average Bonchev–Trinajstić information content (AvgIpc) is 2.61. The van der Waals surface area contributed by atoms with Crippen LogP contribution in [0.2, 0.25) is 0 Å². The molecule has 0 spiro atoms. The molecular weight excluding hydrogens is 238 g/mol. The fourth-order valence-electron chi connectivity index (χ4n) is 3.41. The summed E-state index contributed by atoms with van der Waals surface area (Å²) in [4.78, 5) is 26.4. The minimum Gasteiger partial charge on any atom is -0.274 e. The third kappa shape index (κ3) is 1.97. The second kappa shape index (κ2) is 4.48. The molecule has 3 atom stereocenters. The van der Waals surface area contributed by atoms with Gasteiger partial charge < -0.3 is 0 Å². The minimum absolute atomic E-state index is 0.00662. The maximum atomic E-state index is 12.5. The predicted octanol–water partition coefficient (Wildman–Crippen LogP) is 2.92. The summed E-state index contributed by atoms with van der Waals surface area (Å²) in [5.41, 5.74) is 1.80. The Balaban J connectivity index is 1.95. The quantitative estimate of drug-likeness (QED) is 0.725. The van der Waals surface area contributed by atoms with Crippen molar-refractivity contribution >= 4 is 17.5 Å². The molecule has 19 heavy (non-hydrogen) atoms. The van der Waals surface area contributed by atoms with Crippen molar-refractivity contribution in [2.45, 2.75) is 33.1 Å². The number of amides is 2. The second-order valence-electron chi connectivity index (χ2n) is 5.98. The van der Waals surface area contributed by atoms with E-state index in [9.17, 15) is 9.59 Å². The van der Waals surface area contributed by atoms with Gasteiger partial charge in [0.25, 0.3) is 0 Å². The van der Waals surface area contributed by atoms with Gasteiger partial charge in [-0.1, -0.05) is 19.1 Å². The SMILES string of the molecule is Cc1cccc(N2C(=O)[C@H]3CC[C@@H](C)C[C@H]3C2=O)c1. The molecule has 0 radical (unpaired) electrons. The molecule has 2 amide bonds. The van der Waals surface area contributed by atoms with E-state index in [-0.39, 0.29) is 23.7 Å². The summed E-state index contributed by atoms with van der Waals surface area (Å²) in [5, 5.41) is 0. The number of carbonyl (C=O) groups is 2. The van der Waals surface area contributed by atoms with Crippen LogP contribution in [-0.4, -0.2) is 11.8 Å². The monoisotopic (exact) mass is 257 g/mol. The number of anilines is 1. The first-order valence-electron chi connectivity index (χ1n) is 7.02. The van der Waals surface area contributed by atoms with Gasteiger partial charge in [0.1, 0.15) is 0 Å². The van der Waals surface area contributed by atoms with Crippen molar-refractivity contribution in [1.82, 2.24) is 0 Å². The fraction of sp³-hybridized carbons (Fsp3) is 0.500. The molecule has 0 N–H and O–H groups in total. The Kier molecular flexibility index (Phi) is 2.92. The van der Waals surface area contributed by atoms with E-state index in [2.05, 4.69) is 6.92 Å². The molecule has 3 nitrogen and oxygen atoms in total. The van der Waals surface area contributed by atoms with E-state index in [1.54, 1.807) is 0 Å². The third-order valence-electron chi connectivity index (χ3n) is 4.45. The summed E-state index contributed by atoms with van der Waals surface area (Å²) in [6.07, 6.45) is 2.78. The number of nitrogens with zero attached hydrogens (tertiary/aromatic N) is 1. The molecule has 1 aromatic carbocycles. The molecule has 1 saturated heterocycles. The number of fused-ring (bicyclic) bond motifs is 1. The van der Waals surface area contributed by atoms with Crippen LogP contribution in [0.5, 0.6) is 0 Å². The molecule has 100 valence electrons. The van der Waals surface area contributed by atoms with Gasteiger partial charge in [-0.3, -0.25) is 14.5 Å². The van der Waals surface area contributed by atoms with Crippen LogP contribution in [0.1, 0.15) is 31.7 Å². The maximum Gasteiger partial charge on any atom is 0.237 e. The van der Waals surface area contributed by atoms with Crippen LogP contribution < -0.4 is 4.90 Å². The fourth-order valence-corrected chi connectivity index (χ4v) is 3.41. The molecule has 1 heterocycles. The summed E-state index contributed by atoms with van der Waals surface area (Å²) < 4.78 is 0. The van der Waals surface area contributed by atoms with Crippen molar-refractivity contribution in [3.8, 4) is 0 Å². The zero-order valence-electron chi connectivity index (χ0n) is 11.4. The highest BCUT2D eigenvalue weighted by Crippen LogP contribution is 2.42. The lowest BCUT2D eigenvalue weighted by molar-refractivity contribution is -0.122. The number of aryl methyl sites for hydroxylation is 1. The Bertz CT molecular complexity index is 537. The van der Waals surface area contributed by atoms with Crippen molar-refractivity contribution in [3.05, 3.63) is 29.8 Å². The number of rotatable bonds is 1. The molecule has 1 aliphatic heterocycles. The summed E-state index contributed by atoms with van der Waals surface area (Å²) >= 11 is 0. The normalized spacial score (nSPS) is 30.6. The van der Waals surface area contributed by atoms with Crippen LogP contribution in [0, 0.1) is 24.7 Å². The third-order valence-corrected chi connectivity index (χ3v) is 4.45. The summed E-state index contributed by atoms with van der Waals surface area (Å²) in [6.45, 7) is 4.15. The average molecular weight is 257 g/mol. The lowest BCUT2D eigenvalue weighted by Gasteiger charge is -2.25. The van der Waals surface area contributed by atoms with Crippen LogP contribution in [0.3, 0.4) is 0 Å². The number of benzene rings is 1. The Morgan fingerprint density at radius 2 is 1.84 bits per heavy atom. The zero-order valence-corrected chi connectivity index (χ0v) is 11.4. The Morgan fingerprint density at radius 1 is 1.11 bits per heavy atom. The molecule has 0 bridgehead atoms. The number of carbonyl (C=O) groups excluding carboxylic acids is 2. The topological polar surface area (TPSA) is 37.4 Å². The molecule has 3 rings (SSSR count). The van der Waals surface area contributed by atoms with E-state index < -0.39 is 0 Å². The molecular formula is C16H19NO2. The smallest absolute Gasteiger partial charge is 0.237 e. The van der Waals surface area contributed by atoms with E-state index in [0.29, 0.717) is 5.92 Å². The number of hydrogen-bond donors (Lipinski definition) is 0. The van der Waals surface area contributed by atoms with Crippen LogP contribution >= 0.6 is 0 Å². The highest BCUT2D eigenvalue weighted by molar-refractivity contribution is 6.22. The molecule has 1 aliphatic carbocycles. The molecule has 2 aliphatic rings. The Morgan fingerprint density at radius 3 is 2.58 bits per heavy atom. The molecule has 0 unspecified atom stereocenters. The van der Waals surface area contributed by atoms with Gasteiger partial charge in [0.2, 0.25) is 11.8 Å². The number of hydrogen-bond acceptors (Lipinski definition) is 2. The van der Waals surface area contributed by atoms with Gasteiger partial charge in [0, 0.05) is 0 Å². The predicted molar refractivity (Wildman–Crippen MR) is 73.7 cm³/mol. The van der Waals surface area contributed by atoms with Crippen molar-refractivity contribution in [2.75, 3.05) is 4.90 Å². The first-order valence-corrected chi connectivity index (χ1v) is 7.02. The summed E-state index contributed by atoms with van der Waals surface area (Å²) in [7, 11) is 0. The van der Waals surface area contributed by atoms with Crippen LogP contribution in [0.4, 0.5) is 5.69 Å². The van der Waals surface area contributed by atoms with Crippen LogP contribution in [-0.2, 0) is 9.59 Å². The van der Waals surface area contributed by atoms with Gasteiger partial charge in [0.15, 0.2) is 0 Å². The van der Waals surface area contributed by atoms with Crippen LogP contribution in [0.25, 0.3) is 0 Å². The summed E-state index contributed by atoms with van der Waals surface area (Å²) in [5.74, 6) is 0.399. The standard InChI is InChI=1S/C16H19NO2/c1-10-4-3-5-12(8-10)17-15(18)13-7-6-11(2)9-14(13)16(17)19/h3-5,8,11,13-14H,6-7,9H2,1-2H3/t11-,13+,14-/m1/s1. The molecule has 3 heteroatoms. The summed E-state index contributed by atoms with van der Waals surface area (Å²) in [6, 6.07) is 7.64. The van der Waals surface area contributed by atoms with E-state index >= 15 is 0 Å². The van der Waals surface area contributed by atoms with Gasteiger partial charge in [0.05, 0.1) is 17.5 Å². The van der Waals surface area contributed by atoms with Gasteiger partial charge in [-0.25, -0.2) is 0 Å². The van der Waals surface area contributed by atoms with E-state index in [0.717, 1.165) is 30.5 Å². The molecule has 1 aromatic rings. The highest BCUT2D eigenvalue weighted by atomic mass is 16.2. The lowest BCUT2D eigenvalue weighted by Crippen LogP contribution is -2.30. The highest BCUT2D eigenvalue weighted by Gasteiger charge is 2.49. The van der Waals surface area contributed by atoms with Crippen molar-refractivity contribution < 1.29 is 9.59 Å². The van der Waals surface area contributed by atoms with Gasteiger partial charge >= 0.3 is 0 Å². The minimum atomic E-state index is -0.0863. The van der Waals surface area contributed by atoms with E-state index in [1.165, 1.54) is 4.90 Å². The molecule has 1 saturated carbocycles.